The highest BCUT2D eigenvalue weighted by Gasteiger charge is 2.21. The van der Waals surface area contributed by atoms with Crippen molar-refractivity contribution in [3.63, 3.8) is 0 Å². The van der Waals surface area contributed by atoms with E-state index in [1.807, 2.05) is 19.9 Å². The van der Waals surface area contributed by atoms with Crippen LogP contribution in [0, 0.1) is 26.6 Å². The molecule has 2 aromatic carbocycles. The van der Waals surface area contributed by atoms with Gasteiger partial charge in [-0.15, -0.1) is 0 Å². The lowest BCUT2D eigenvalue weighted by molar-refractivity contribution is 0.0951. The summed E-state index contributed by atoms with van der Waals surface area (Å²) in [5.74, 6) is -1.09. The van der Waals surface area contributed by atoms with Gasteiger partial charge < -0.3 is 10.1 Å². The molecule has 0 aliphatic heterocycles. The van der Waals surface area contributed by atoms with Gasteiger partial charge in [-0.05, 0) is 50.5 Å². The number of carbonyl (C=O) groups excluding carboxylic acids is 1. The number of ether oxygens (including phenoxy) is 1. The Balaban J connectivity index is 1.80. The summed E-state index contributed by atoms with van der Waals surface area (Å²) >= 11 is 11.9. The topological polar surface area (TPSA) is 51.2 Å². The number of nitrogens with one attached hydrogen (secondary N) is 1. The molecule has 0 atom stereocenters. The summed E-state index contributed by atoms with van der Waals surface area (Å²) in [7, 11) is 0. The third kappa shape index (κ3) is 4.91. The minimum absolute atomic E-state index is 0.0781. The lowest BCUT2D eigenvalue weighted by Crippen LogP contribution is -2.27. The van der Waals surface area contributed by atoms with Crippen molar-refractivity contribution in [2.45, 2.75) is 27.2 Å². The van der Waals surface area contributed by atoms with Crippen LogP contribution in [0.1, 0.15) is 32.6 Å². The molecule has 3 aromatic rings. The van der Waals surface area contributed by atoms with Gasteiger partial charge in [0.2, 0.25) is 0 Å². The minimum atomic E-state index is -0.715. The molecule has 0 fully saturated rings. The van der Waals surface area contributed by atoms with Crippen molar-refractivity contribution in [1.82, 2.24) is 10.3 Å². The van der Waals surface area contributed by atoms with E-state index in [0.29, 0.717) is 18.5 Å². The summed E-state index contributed by atoms with van der Waals surface area (Å²) < 4.78 is 19.9. The van der Waals surface area contributed by atoms with Gasteiger partial charge in [-0.3, -0.25) is 4.79 Å². The van der Waals surface area contributed by atoms with Crippen LogP contribution in [0.25, 0.3) is 0 Å². The van der Waals surface area contributed by atoms with Gasteiger partial charge in [0.15, 0.2) is 17.3 Å². The highest BCUT2D eigenvalue weighted by Crippen LogP contribution is 2.33. The molecule has 3 rings (SSSR count). The Kier molecular flexibility index (Phi) is 6.95. The van der Waals surface area contributed by atoms with Crippen molar-refractivity contribution in [3.8, 4) is 11.5 Å². The molecule has 0 aliphatic rings. The van der Waals surface area contributed by atoms with Crippen LogP contribution in [-0.4, -0.2) is 17.4 Å². The molecule has 30 heavy (non-hydrogen) atoms. The zero-order valence-corrected chi connectivity index (χ0v) is 18.4. The first-order valence-electron chi connectivity index (χ1n) is 9.39. The highest BCUT2D eigenvalue weighted by atomic mass is 35.5. The number of amides is 1. The van der Waals surface area contributed by atoms with Crippen LogP contribution in [0.5, 0.6) is 11.5 Å². The fourth-order valence-electron chi connectivity index (χ4n) is 3.13. The lowest BCUT2D eigenvalue weighted by atomic mass is 10.0. The van der Waals surface area contributed by atoms with Gasteiger partial charge in [-0.1, -0.05) is 53.0 Å². The van der Waals surface area contributed by atoms with Crippen molar-refractivity contribution >= 4 is 29.1 Å². The van der Waals surface area contributed by atoms with Crippen molar-refractivity contribution in [3.05, 3.63) is 86.4 Å². The Morgan fingerprint density at radius 1 is 1.13 bits per heavy atom. The Morgan fingerprint density at radius 2 is 1.90 bits per heavy atom. The third-order valence-electron chi connectivity index (χ3n) is 4.77. The number of aryl methyl sites for hydroxylation is 2. The predicted octanol–water partition coefficient (Wildman–Crippen LogP) is 6.22. The average Bonchev–Trinajstić information content (AvgIpc) is 2.70. The first-order chi connectivity index (χ1) is 14.3. The zero-order chi connectivity index (χ0) is 21.8. The van der Waals surface area contributed by atoms with E-state index in [-0.39, 0.29) is 33.1 Å². The molecule has 1 amide bonds. The van der Waals surface area contributed by atoms with Crippen molar-refractivity contribution in [2.75, 3.05) is 6.54 Å². The largest absolute Gasteiger partial charge is 0.452 e. The van der Waals surface area contributed by atoms with Gasteiger partial charge in [0.1, 0.15) is 5.15 Å². The van der Waals surface area contributed by atoms with E-state index >= 15 is 0 Å². The van der Waals surface area contributed by atoms with Crippen LogP contribution in [0.4, 0.5) is 4.39 Å². The molecular formula is C23H21Cl2FN2O2. The number of hydrogen-bond donors (Lipinski definition) is 1. The summed E-state index contributed by atoms with van der Waals surface area (Å²) in [4.78, 5) is 16.9. The van der Waals surface area contributed by atoms with Gasteiger partial charge in [0, 0.05) is 12.1 Å². The first kappa shape index (κ1) is 22.1. The van der Waals surface area contributed by atoms with Gasteiger partial charge in [0.25, 0.3) is 5.91 Å². The van der Waals surface area contributed by atoms with Crippen LogP contribution < -0.4 is 10.1 Å². The van der Waals surface area contributed by atoms with Gasteiger partial charge in [-0.2, -0.15) is 0 Å². The normalized spacial score (nSPS) is 10.7. The molecule has 7 heteroatoms. The maximum atomic E-state index is 14.3. The number of pyridine rings is 1. The van der Waals surface area contributed by atoms with Gasteiger partial charge in [0.05, 0.1) is 16.8 Å². The Labute approximate surface area is 185 Å². The summed E-state index contributed by atoms with van der Waals surface area (Å²) in [6.07, 6.45) is 1.98. The third-order valence-corrected chi connectivity index (χ3v) is 5.44. The molecule has 0 aliphatic carbocycles. The number of halogens is 3. The second-order valence-corrected chi connectivity index (χ2v) is 7.77. The second kappa shape index (κ2) is 9.45. The Morgan fingerprint density at radius 3 is 2.63 bits per heavy atom. The van der Waals surface area contributed by atoms with E-state index in [2.05, 4.69) is 22.4 Å². The van der Waals surface area contributed by atoms with E-state index in [1.165, 1.54) is 29.5 Å². The zero-order valence-electron chi connectivity index (χ0n) is 16.9. The van der Waals surface area contributed by atoms with E-state index in [9.17, 15) is 9.18 Å². The fraction of sp³-hybridized carbons (Fsp3) is 0.217. The van der Waals surface area contributed by atoms with Gasteiger partial charge in [-0.25, -0.2) is 9.37 Å². The van der Waals surface area contributed by atoms with E-state index in [1.54, 1.807) is 13.0 Å². The van der Waals surface area contributed by atoms with Crippen LogP contribution in [0.3, 0.4) is 0 Å². The van der Waals surface area contributed by atoms with Crippen LogP contribution in [-0.2, 0) is 6.42 Å². The monoisotopic (exact) mass is 446 g/mol. The summed E-state index contributed by atoms with van der Waals surface area (Å²) in [6, 6.07) is 10.6. The fourth-order valence-corrected chi connectivity index (χ4v) is 3.44. The van der Waals surface area contributed by atoms with Crippen molar-refractivity contribution < 1.29 is 13.9 Å². The number of carbonyl (C=O) groups is 1. The second-order valence-electron chi connectivity index (χ2n) is 7.00. The minimum Gasteiger partial charge on any atom is -0.452 e. The summed E-state index contributed by atoms with van der Waals surface area (Å²) in [6.45, 7) is 6.17. The molecule has 1 heterocycles. The number of hydrogen-bond acceptors (Lipinski definition) is 3. The molecule has 0 radical (unpaired) electrons. The molecule has 0 saturated heterocycles. The van der Waals surface area contributed by atoms with Gasteiger partial charge >= 0.3 is 0 Å². The first-order valence-corrected chi connectivity index (χ1v) is 10.1. The predicted molar refractivity (Wildman–Crippen MR) is 117 cm³/mol. The Hall–Kier alpha value is -2.63. The summed E-state index contributed by atoms with van der Waals surface area (Å²) in [5.41, 5.74) is 4.17. The maximum absolute atomic E-state index is 14.3. The number of benzene rings is 2. The van der Waals surface area contributed by atoms with Crippen LogP contribution in [0.15, 0.2) is 42.6 Å². The average molecular weight is 447 g/mol. The standard InChI is InChI=1S/C23H21Cl2FN2O2/c1-13-7-8-16(14(2)11-13)9-10-27-23(29)20-15(3)22(25)28-12-19(20)30-18-6-4-5-17(24)21(18)26/h4-8,11-12H,9-10H2,1-3H3,(H,27,29). The molecule has 1 aromatic heterocycles. The lowest BCUT2D eigenvalue weighted by Gasteiger charge is -2.15. The van der Waals surface area contributed by atoms with Crippen molar-refractivity contribution in [1.29, 1.82) is 0 Å². The van der Waals surface area contributed by atoms with Crippen LogP contribution in [0.2, 0.25) is 10.2 Å². The quantitative estimate of drug-likeness (QED) is 0.457. The van der Waals surface area contributed by atoms with Crippen molar-refractivity contribution in [2.24, 2.45) is 0 Å². The number of nitrogens with zero attached hydrogens (tertiary/aromatic N) is 1. The molecule has 156 valence electrons. The smallest absolute Gasteiger partial charge is 0.255 e. The molecular weight excluding hydrogens is 426 g/mol. The number of rotatable bonds is 6. The molecule has 0 spiro atoms. The van der Waals surface area contributed by atoms with Crippen LogP contribution >= 0.6 is 23.2 Å². The molecule has 0 bridgehead atoms. The Bertz CT molecular complexity index is 1100. The molecule has 0 unspecified atom stereocenters. The molecule has 1 N–H and O–H groups in total. The summed E-state index contributed by atoms with van der Waals surface area (Å²) in [5, 5.41) is 2.98. The molecule has 4 nitrogen and oxygen atoms in total. The maximum Gasteiger partial charge on any atom is 0.255 e. The number of aromatic nitrogens is 1. The molecule has 0 saturated carbocycles. The van der Waals surface area contributed by atoms with E-state index in [4.69, 9.17) is 27.9 Å². The highest BCUT2D eigenvalue weighted by molar-refractivity contribution is 6.31. The SMILES string of the molecule is Cc1ccc(CCNC(=O)c2c(Oc3cccc(Cl)c3F)cnc(Cl)c2C)c(C)c1. The van der Waals surface area contributed by atoms with E-state index in [0.717, 1.165) is 5.56 Å². The van der Waals surface area contributed by atoms with E-state index < -0.39 is 5.82 Å².